The lowest BCUT2D eigenvalue weighted by molar-refractivity contribution is 0.404. The molecule has 0 heterocycles. The van der Waals surface area contributed by atoms with Crippen molar-refractivity contribution >= 4 is 0 Å². The van der Waals surface area contributed by atoms with Gasteiger partial charge in [-0.05, 0) is 56.8 Å². The van der Waals surface area contributed by atoms with E-state index in [-0.39, 0.29) is 0 Å². The van der Waals surface area contributed by atoms with Gasteiger partial charge in [-0.15, -0.1) is 0 Å². The van der Waals surface area contributed by atoms with E-state index < -0.39 is 0 Å². The highest BCUT2D eigenvalue weighted by atomic mass is 14.3. The minimum absolute atomic E-state index is 0.932. The second-order valence-electron chi connectivity index (χ2n) is 5.39. The van der Waals surface area contributed by atoms with Crippen molar-refractivity contribution in [3.05, 3.63) is 17.6 Å². The van der Waals surface area contributed by atoms with Crippen LogP contribution in [0, 0.1) is 17.8 Å². The molecule has 0 aliphatic heterocycles. The van der Waals surface area contributed by atoms with E-state index >= 15 is 0 Å². The van der Waals surface area contributed by atoms with Crippen molar-refractivity contribution in [3.8, 4) is 0 Å². The molecule has 2 aliphatic carbocycles. The molecule has 2 aliphatic rings. The maximum atomic E-state index is 2.53. The van der Waals surface area contributed by atoms with Gasteiger partial charge in [-0.3, -0.25) is 0 Å². The van der Waals surface area contributed by atoms with Gasteiger partial charge >= 0.3 is 0 Å². The van der Waals surface area contributed by atoms with Crippen LogP contribution in [0.4, 0.5) is 0 Å². The summed E-state index contributed by atoms with van der Waals surface area (Å²) in [5.41, 5.74) is 1.73. The van der Waals surface area contributed by atoms with Gasteiger partial charge in [0.25, 0.3) is 0 Å². The summed E-state index contributed by atoms with van der Waals surface area (Å²) in [7, 11) is 0. The summed E-state index contributed by atoms with van der Waals surface area (Å²) in [6.45, 7) is 4.77. The minimum atomic E-state index is 0.932. The van der Waals surface area contributed by atoms with E-state index in [1.165, 1.54) is 44.9 Å². The molecule has 0 amide bonds. The van der Waals surface area contributed by atoms with Gasteiger partial charge in [-0.2, -0.15) is 0 Å². The fraction of sp³-hybridized carbons (Fsp3) is 0.786. The average Bonchev–Trinajstić information content (AvgIpc) is 2.21. The van der Waals surface area contributed by atoms with E-state index in [4.69, 9.17) is 0 Å². The Kier molecular flexibility index (Phi) is 3.30. The molecule has 1 atom stereocenters. The molecular formula is C14H23. The second kappa shape index (κ2) is 4.51. The smallest absolute Gasteiger partial charge is 0.000565 e. The molecule has 79 valence electrons. The molecule has 2 rings (SSSR count). The van der Waals surface area contributed by atoms with Crippen LogP contribution in [0.25, 0.3) is 0 Å². The Hall–Kier alpha value is -0.260. The summed E-state index contributed by atoms with van der Waals surface area (Å²) in [6.07, 6.45) is 12.3. The van der Waals surface area contributed by atoms with Gasteiger partial charge in [-0.1, -0.05) is 25.5 Å². The second-order valence-corrected chi connectivity index (χ2v) is 5.39. The first-order chi connectivity index (χ1) is 6.75. The fourth-order valence-corrected chi connectivity index (χ4v) is 2.72. The lowest BCUT2D eigenvalue weighted by atomic mass is 9.75. The van der Waals surface area contributed by atoms with Gasteiger partial charge < -0.3 is 0 Å². The third kappa shape index (κ3) is 2.40. The molecule has 0 spiro atoms. The highest BCUT2D eigenvalue weighted by molar-refractivity contribution is 5.26. The van der Waals surface area contributed by atoms with Crippen LogP contribution >= 0.6 is 0 Å². The van der Waals surface area contributed by atoms with Crippen LogP contribution in [0.2, 0.25) is 0 Å². The average molecular weight is 191 g/mol. The largest absolute Gasteiger partial charge is 0.0845 e. The zero-order valence-electron chi connectivity index (χ0n) is 9.68. The van der Waals surface area contributed by atoms with Crippen molar-refractivity contribution in [2.75, 3.05) is 0 Å². The van der Waals surface area contributed by atoms with Crippen LogP contribution in [-0.2, 0) is 0 Å². The number of hydrogen-bond acceptors (Lipinski definition) is 0. The van der Waals surface area contributed by atoms with E-state index in [9.17, 15) is 0 Å². The van der Waals surface area contributed by atoms with Crippen molar-refractivity contribution in [2.45, 2.75) is 58.8 Å². The van der Waals surface area contributed by atoms with Gasteiger partial charge in [0, 0.05) is 5.92 Å². The molecule has 0 N–H and O–H groups in total. The van der Waals surface area contributed by atoms with Crippen LogP contribution in [0.5, 0.6) is 0 Å². The first-order valence-electron chi connectivity index (χ1n) is 6.30. The lowest BCUT2D eigenvalue weighted by Crippen LogP contribution is -2.15. The number of hydrogen-bond donors (Lipinski definition) is 0. The standard InChI is InChI=1S/C14H23/c1-11-3-7-13(8-4-11)14-9-5-12(2)6-10-14/h7,11-12H,3-6,8-10H2,1-2H3. The number of rotatable bonds is 1. The highest BCUT2D eigenvalue weighted by Gasteiger charge is 2.23. The van der Waals surface area contributed by atoms with Gasteiger partial charge in [0.05, 0.1) is 0 Å². The third-order valence-corrected chi connectivity index (χ3v) is 4.01. The molecular weight excluding hydrogens is 168 g/mol. The summed E-state index contributed by atoms with van der Waals surface area (Å²) in [6, 6.07) is 0. The summed E-state index contributed by atoms with van der Waals surface area (Å²) >= 11 is 0. The highest BCUT2D eigenvalue weighted by Crippen LogP contribution is 2.39. The van der Waals surface area contributed by atoms with E-state index in [0.717, 1.165) is 11.8 Å². The normalized spacial score (nSPS) is 31.6. The quantitative estimate of drug-likeness (QED) is 0.571. The van der Waals surface area contributed by atoms with E-state index in [1.807, 2.05) is 0 Å². The van der Waals surface area contributed by atoms with Crippen molar-refractivity contribution < 1.29 is 0 Å². The van der Waals surface area contributed by atoms with Crippen molar-refractivity contribution in [3.63, 3.8) is 0 Å². The molecule has 0 aromatic rings. The first-order valence-corrected chi connectivity index (χ1v) is 6.30. The van der Waals surface area contributed by atoms with Gasteiger partial charge in [0.1, 0.15) is 0 Å². The van der Waals surface area contributed by atoms with Gasteiger partial charge in [-0.25, -0.2) is 0 Å². The van der Waals surface area contributed by atoms with E-state index in [2.05, 4.69) is 19.9 Å². The Morgan fingerprint density at radius 1 is 0.929 bits per heavy atom. The molecule has 0 saturated heterocycles. The third-order valence-electron chi connectivity index (χ3n) is 4.01. The Bertz CT molecular complexity index is 206. The summed E-state index contributed by atoms with van der Waals surface area (Å²) in [5, 5.41) is 0. The zero-order chi connectivity index (χ0) is 9.97. The van der Waals surface area contributed by atoms with Crippen LogP contribution in [0.3, 0.4) is 0 Å². The Labute approximate surface area is 88.8 Å². The number of allylic oxidation sites excluding steroid dienone is 2. The van der Waals surface area contributed by atoms with Gasteiger partial charge in [0.15, 0.2) is 0 Å². The van der Waals surface area contributed by atoms with Crippen LogP contribution in [0.1, 0.15) is 58.8 Å². The molecule has 0 nitrogen and oxygen atoms in total. The lowest BCUT2D eigenvalue weighted by Gasteiger charge is -2.30. The molecule has 1 saturated carbocycles. The molecule has 0 aromatic heterocycles. The Balaban J connectivity index is 1.89. The zero-order valence-corrected chi connectivity index (χ0v) is 9.68. The Morgan fingerprint density at radius 2 is 1.57 bits per heavy atom. The predicted molar refractivity (Wildman–Crippen MR) is 62.0 cm³/mol. The van der Waals surface area contributed by atoms with Crippen molar-refractivity contribution in [1.29, 1.82) is 0 Å². The molecule has 1 radical (unpaired) electrons. The first kappa shape index (κ1) is 10.3. The molecule has 1 fully saturated rings. The fourth-order valence-electron chi connectivity index (χ4n) is 2.72. The predicted octanol–water partition coefficient (Wildman–Crippen LogP) is 4.52. The summed E-state index contributed by atoms with van der Waals surface area (Å²) in [4.78, 5) is 0. The maximum Gasteiger partial charge on any atom is 0.000565 e. The van der Waals surface area contributed by atoms with Crippen molar-refractivity contribution in [2.24, 2.45) is 11.8 Å². The van der Waals surface area contributed by atoms with Gasteiger partial charge in [0.2, 0.25) is 0 Å². The van der Waals surface area contributed by atoms with Crippen LogP contribution in [0.15, 0.2) is 11.6 Å². The SMILES string of the molecule is CC1CC=C([C]2CCC(C)CC2)CC1. The molecule has 0 bridgehead atoms. The topological polar surface area (TPSA) is 0 Å². The Morgan fingerprint density at radius 3 is 2.14 bits per heavy atom. The molecule has 14 heavy (non-hydrogen) atoms. The van der Waals surface area contributed by atoms with Crippen molar-refractivity contribution in [1.82, 2.24) is 0 Å². The molecule has 1 unspecified atom stereocenters. The minimum Gasteiger partial charge on any atom is -0.0845 e. The summed E-state index contributed by atoms with van der Waals surface area (Å²) < 4.78 is 0. The van der Waals surface area contributed by atoms with Crippen LogP contribution in [-0.4, -0.2) is 0 Å². The van der Waals surface area contributed by atoms with E-state index in [0.29, 0.717) is 0 Å². The maximum absolute atomic E-state index is 2.53. The van der Waals surface area contributed by atoms with E-state index in [1.54, 1.807) is 11.5 Å². The monoisotopic (exact) mass is 191 g/mol. The molecule has 0 aromatic carbocycles. The molecule has 0 heteroatoms. The van der Waals surface area contributed by atoms with Crippen LogP contribution < -0.4 is 0 Å². The summed E-state index contributed by atoms with van der Waals surface area (Å²) in [5.74, 6) is 3.71.